The summed E-state index contributed by atoms with van der Waals surface area (Å²) in [6.07, 6.45) is 12.5. The first-order valence-electron chi connectivity index (χ1n) is 8.10. The van der Waals surface area contributed by atoms with Gasteiger partial charge in [-0.25, -0.2) is 0 Å². The molecule has 3 atom stereocenters. The fourth-order valence-electron chi connectivity index (χ4n) is 3.85. The van der Waals surface area contributed by atoms with E-state index in [1.54, 1.807) is 5.56 Å². The Bertz CT molecular complexity index is 595. The van der Waals surface area contributed by atoms with Gasteiger partial charge in [-0.1, -0.05) is 26.0 Å². The Morgan fingerprint density at radius 3 is 2.85 bits per heavy atom. The lowest BCUT2D eigenvalue weighted by Gasteiger charge is -2.45. The highest BCUT2D eigenvalue weighted by Crippen LogP contribution is 2.49. The summed E-state index contributed by atoms with van der Waals surface area (Å²) in [6, 6.07) is 0. The molecule has 1 N–H and O–H groups in total. The zero-order valence-corrected chi connectivity index (χ0v) is 13.4. The maximum absolute atomic E-state index is 3.54. The van der Waals surface area contributed by atoms with Gasteiger partial charge in [-0.3, -0.25) is 0 Å². The molecule has 2 aliphatic carbocycles. The van der Waals surface area contributed by atoms with Crippen LogP contribution in [-0.4, -0.2) is 30.5 Å². The second-order valence-electron chi connectivity index (χ2n) is 7.23. The van der Waals surface area contributed by atoms with E-state index in [-0.39, 0.29) is 0 Å². The minimum atomic E-state index is 0.431. The van der Waals surface area contributed by atoms with Crippen LogP contribution in [0.4, 0.5) is 0 Å². The lowest BCUT2D eigenvalue weighted by molar-refractivity contribution is 0.184. The molecule has 1 aromatic heterocycles. The van der Waals surface area contributed by atoms with E-state index in [9.17, 15) is 0 Å². The molecule has 0 aliphatic heterocycles. The van der Waals surface area contributed by atoms with Gasteiger partial charge in [0.15, 0.2) is 0 Å². The van der Waals surface area contributed by atoms with Crippen molar-refractivity contribution < 1.29 is 0 Å². The van der Waals surface area contributed by atoms with Crippen LogP contribution < -0.4 is 10.6 Å². The number of hydrogen-bond donors (Lipinski definition) is 1. The third-order valence-corrected chi connectivity index (χ3v) is 5.52. The smallest absolute Gasteiger partial charge is 0.0419 e. The van der Waals surface area contributed by atoms with Gasteiger partial charge in [0, 0.05) is 11.5 Å². The number of hydrogen-bond acceptors (Lipinski definition) is 1. The van der Waals surface area contributed by atoms with Gasteiger partial charge in [-0.05, 0) is 74.4 Å². The minimum Gasteiger partial charge on any atom is -0.361 e. The predicted molar refractivity (Wildman–Crippen MR) is 86.0 cm³/mol. The third kappa shape index (κ3) is 2.24. The van der Waals surface area contributed by atoms with E-state index in [4.69, 9.17) is 0 Å². The van der Waals surface area contributed by atoms with Crippen LogP contribution in [0.5, 0.6) is 0 Å². The summed E-state index contributed by atoms with van der Waals surface area (Å²) in [7, 11) is 4.33. The Balaban J connectivity index is 1.93. The fourth-order valence-corrected chi connectivity index (χ4v) is 3.85. The molecule has 0 amide bonds. The average Bonchev–Trinajstić information content (AvgIpc) is 2.78. The lowest BCUT2D eigenvalue weighted by Crippen LogP contribution is -2.44. The molecule has 1 aromatic rings. The van der Waals surface area contributed by atoms with Crippen molar-refractivity contribution in [2.45, 2.75) is 45.4 Å². The van der Waals surface area contributed by atoms with Gasteiger partial charge in [-0.2, -0.15) is 0 Å². The fraction of sp³-hybridized carbons (Fsp3) is 0.667. The van der Waals surface area contributed by atoms with Gasteiger partial charge in [0.25, 0.3) is 0 Å². The van der Waals surface area contributed by atoms with Gasteiger partial charge >= 0.3 is 0 Å². The molecule has 3 unspecified atom stereocenters. The Hall–Kier alpha value is -1.02. The van der Waals surface area contributed by atoms with E-state index in [1.165, 1.54) is 42.8 Å². The van der Waals surface area contributed by atoms with Crippen LogP contribution in [-0.2, 0) is 0 Å². The van der Waals surface area contributed by atoms with Crippen molar-refractivity contribution in [3.63, 3.8) is 0 Å². The first kappa shape index (κ1) is 13.9. The van der Waals surface area contributed by atoms with E-state index in [0.29, 0.717) is 11.3 Å². The molecule has 20 heavy (non-hydrogen) atoms. The Kier molecular flexibility index (Phi) is 3.53. The quantitative estimate of drug-likeness (QED) is 0.872. The zero-order valence-electron chi connectivity index (χ0n) is 13.4. The summed E-state index contributed by atoms with van der Waals surface area (Å²) in [5.74, 6) is 1.46. The molecule has 0 radical (unpaired) electrons. The van der Waals surface area contributed by atoms with Crippen molar-refractivity contribution in [1.29, 1.82) is 0 Å². The third-order valence-electron chi connectivity index (χ3n) is 5.52. The first-order valence-corrected chi connectivity index (χ1v) is 8.10. The molecule has 1 fully saturated rings. The summed E-state index contributed by atoms with van der Waals surface area (Å²) in [5, 5.41) is 2.89. The second-order valence-corrected chi connectivity index (χ2v) is 7.23. The summed E-state index contributed by atoms with van der Waals surface area (Å²) in [6.45, 7) is 5.90. The number of nitrogens with zero attached hydrogens (tertiary/aromatic N) is 1. The normalized spacial score (nSPS) is 28.9. The van der Waals surface area contributed by atoms with Crippen molar-refractivity contribution in [3.05, 3.63) is 22.3 Å². The number of aromatic nitrogens is 1. The highest BCUT2D eigenvalue weighted by Gasteiger charge is 2.41. The van der Waals surface area contributed by atoms with E-state index in [1.807, 2.05) is 0 Å². The number of H-pyrrole nitrogens is 1. The van der Waals surface area contributed by atoms with Gasteiger partial charge in [-0.15, -0.1) is 0 Å². The molecule has 0 bridgehead atoms. The van der Waals surface area contributed by atoms with Crippen molar-refractivity contribution in [2.24, 2.45) is 11.3 Å². The zero-order chi connectivity index (χ0) is 14.3. The maximum Gasteiger partial charge on any atom is 0.0419 e. The molecular formula is C18H28N2. The molecule has 2 aliphatic rings. The van der Waals surface area contributed by atoms with Crippen molar-refractivity contribution in [3.8, 4) is 0 Å². The summed E-state index contributed by atoms with van der Waals surface area (Å²) < 4.78 is 0. The molecule has 0 spiro atoms. The van der Waals surface area contributed by atoms with Crippen molar-refractivity contribution in [2.75, 3.05) is 20.6 Å². The summed E-state index contributed by atoms with van der Waals surface area (Å²) >= 11 is 0. The van der Waals surface area contributed by atoms with Gasteiger partial charge in [0.05, 0.1) is 0 Å². The molecule has 3 rings (SSSR count). The SMILES string of the molecule is CCC(CCN(C)C)c1c[nH]c2c1=CC1CCC1(C)C=2. The van der Waals surface area contributed by atoms with Crippen LogP contribution in [0.25, 0.3) is 12.2 Å². The molecule has 0 aromatic carbocycles. The second kappa shape index (κ2) is 5.07. The molecular weight excluding hydrogens is 244 g/mol. The molecule has 1 heterocycles. The van der Waals surface area contributed by atoms with E-state index in [0.717, 1.165) is 5.92 Å². The highest BCUT2D eigenvalue weighted by atomic mass is 15.0. The maximum atomic E-state index is 3.54. The van der Waals surface area contributed by atoms with E-state index >= 15 is 0 Å². The Labute approximate surface area is 122 Å². The number of aromatic amines is 1. The largest absolute Gasteiger partial charge is 0.361 e. The lowest BCUT2D eigenvalue weighted by atomic mass is 9.59. The van der Waals surface area contributed by atoms with Crippen LogP contribution in [0, 0.1) is 11.3 Å². The monoisotopic (exact) mass is 272 g/mol. The van der Waals surface area contributed by atoms with Gasteiger partial charge in [0.2, 0.25) is 0 Å². The van der Waals surface area contributed by atoms with Crippen LogP contribution in [0.2, 0.25) is 0 Å². The van der Waals surface area contributed by atoms with Crippen molar-refractivity contribution in [1.82, 2.24) is 9.88 Å². The predicted octanol–water partition coefficient (Wildman–Crippen LogP) is 2.45. The van der Waals surface area contributed by atoms with Crippen LogP contribution in [0.1, 0.15) is 51.0 Å². The molecule has 0 saturated heterocycles. The number of rotatable bonds is 5. The van der Waals surface area contributed by atoms with Crippen LogP contribution in [0.15, 0.2) is 6.20 Å². The molecule has 2 heteroatoms. The molecule has 2 nitrogen and oxygen atoms in total. The summed E-state index contributed by atoms with van der Waals surface area (Å²) in [5.41, 5.74) is 1.98. The summed E-state index contributed by atoms with van der Waals surface area (Å²) in [4.78, 5) is 5.83. The molecule has 1 saturated carbocycles. The first-order chi connectivity index (χ1) is 9.53. The molecule has 110 valence electrons. The number of nitrogens with one attached hydrogen (secondary N) is 1. The average molecular weight is 272 g/mol. The highest BCUT2D eigenvalue weighted by molar-refractivity contribution is 5.50. The Morgan fingerprint density at radius 1 is 1.45 bits per heavy atom. The van der Waals surface area contributed by atoms with Crippen LogP contribution in [0.3, 0.4) is 0 Å². The topological polar surface area (TPSA) is 19.0 Å². The standard InChI is InChI=1S/C18H28N2/c1-5-13(7-9-20(3)4)16-12-19-17-11-18(2)8-6-14(18)10-15(16)17/h10-14,19H,5-9H2,1-4H3. The van der Waals surface area contributed by atoms with Gasteiger partial charge < -0.3 is 9.88 Å². The minimum absolute atomic E-state index is 0.431. The van der Waals surface area contributed by atoms with E-state index in [2.05, 4.69) is 56.2 Å². The van der Waals surface area contributed by atoms with Crippen LogP contribution >= 0.6 is 0 Å². The Morgan fingerprint density at radius 2 is 2.25 bits per heavy atom. The number of fused-ring (bicyclic) bond motifs is 2. The van der Waals surface area contributed by atoms with Gasteiger partial charge in [0.1, 0.15) is 0 Å². The van der Waals surface area contributed by atoms with Crippen molar-refractivity contribution >= 4 is 12.2 Å². The van der Waals surface area contributed by atoms with E-state index < -0.39 is 0 Å².